The van der Waals surface area contributed by atoms with Crippen molar-refractivity contribution in [2.45, 2.75) is 26.0 Å². The Morgan fingerprint density at radius 2 is 2.06 bits per heavy atom. The smallest absolute Gasteiger partial charge is 0.0637 e. The second-order valence-electron chi connectivity index (χ2n) is 4.09. The maximum Gasteiger partial charge on any atom is 0.0637 e. The molecule has 1 aromatic rings. The van der Waals surface area contributed by atoms with Crippen LogP contribution in [-0.4, -0.2) is 29.7 Å². The van der Waals surface area contributed by atoms with Gasteiger partial charge < -0.3 is 10.0 Å². The van der Waals surface area contributed by atoms with Crippen LogP contribution in [0.1, 0.15) is 18.9 Å². The predicted molar refractivity (Wildman–Crippen MR) is 69.1 cm³/mol. The van der Waals surface area contributed by atoms with Crippen molar-refractivity contribution in [3.8, 4) is 0 Å². The van der Waals surface area contributed by atoms with Gasteiger partial charge in [0.1, 0.15) is 0 Å². The molecule has 0 saturated heterocycles. The van der Waals surface area contributed by atoms with Gasteiger partial charge in [0.25, 0.3) is 0 Å². The fraction of sp³-hybridized carbons (Fsp3) is 0.500. The Hall–Kier alpha value is -0.280. The van der Waals surface area contributed by atoms with E-state index in [0.717, 1.165) is 25.1 Å². The lowest BCUT2D eigenvalue weighted by molar-refractivity contribution is 0.163. The van der Waals surface area contributed by atoms with Crippen LogP contribution in [0, 0.1) is 0 Å². The number of benzene rings is 1. The Kier molecular flexibility index (Phi) is 5.56. The number of aliphatic hydroxyl groups is 1. The largest absolute Gasteiger partial charge is 0.393 e. The highest BCUT2D eigenvalue weighted by molar-refractivity contribution is 6.42. The lowest BCUT2D eigenvalue weighted by atomic mass is 10.2. The van der Waals surface area contributed by atoms with Crippen molar-refractivity contribution in [2.24, 2.45) is 0 Å². The van der Waals surface area contributed by atoms with Gasteiger partial charge in [-0.1, -0.05) is 35.3 Å². The van der Waals surface area contributed by atoms with E-state index in [1.165, 1.54) is 0 Å². The normalized spacial score (nSPS) is 13.1. The van der Waals surface area contributed by atoms with E-state index in [9.17, 15) is 5.11 Å². The summed E-state index contributed by atoms with van der Waals surface area (Å²) in [7, 11) is 2.00. The summed E-state index contributed by atoms with van der Waals surface area (Å²) in [4.78, 5) is 2.12. The van der Waals surface area contributed by atoms with Gasteiger partial charge in [-0.15, -0.1) is 0 Å². The molecular weight excluding hydrogens is 245 g/mol. The zero-order valence-electron chi connectivity index (χ0n) is 9.58. The lowest BCUT2D eigenvalue weighted by Crippen LogP contribution is -2.22. The molecule has 0 spiro atoms. The minimum atomic E-state index is -0.266. The van der Waals surface area contributed by atoms with E-state index in [0.29, 0.717) is 10.0 Å². The van der Waals surface area contributed by atoms with Crippen LogP contribution in [0.2, 0.25) is 10.0 Å². The molecule has 0 saturated carbocycles. The lowest BCUT2D eigenvalue weighted by Gasteiger charge is -2.18. The maximum atomic E-state index is 9.19. The first-order chi connectivity index (χ1) is 7.50. The van der Waals surface area contributed by atoms with Gasteiger partial charge in [0.15, 0.2) is 0 Å². The number of halogens is 2. The van der Waals surface area contributed by atoms with Crippen LogP contribution >= 0.6 is 23.2 Å². The third-order valence-corrected chi connectivity index (χ3v) is 3.26. The van der Waals surface area contributed by atoms with Crippen molar-refractivity contribution < 1.29 is 5.11 Å². The predicted octanol–water partition coefficient (Wildman–Crippen LogP) is 3.20. The Morgan fingerprint density at radius 1 is 1.38 bits per heavy atom. The highest BCUT2D eigenvalue weighted by Crippen LogP contribution is 2.26. The molecule has 1 atom stereocenters. The summed E-state index contributed by atoms with van der Waals surface area (Å²) in [5.41, 5.74) is 1.02. The summed E-state index contributed by atoms with van der Waals surface area (Å²) in [6, 6.07) is 5.64. The monoisotopic (exact) mass is 261 g/mol. The molecular formula is C12H17Cl2NO. The fourth-order valence-corrected chi connectivity index (χ4v) is 1.83. The molecule has 0 aliphatic carbocycles. The Morgan fingerprint density at radius 3 is 2.69 bits per heavy atom. The van der Waals surface area contributed by atoms with Crippen molar-refractivity contribution in [2.75, 3.05) is 13.6 Å². The van der Waals surface area contributed by atoms with Gasteiger partial charge in [-0.05, 0) is 32.0 Å². The van der Waals surface area contributed by atoms with Crippen LogP contribution in [0.3, 0.4) is 0 Å². The van der Waals surface area contributed by atoms with Crippen LogP contribution < -0.4 is 0 Å². The van der Waals surface area contributed by atoms with Gasteiger partial charge in [-0.3, -0.25) is 0 Å². The van der Waals surface area contributed by atoms with Crippen molar-refractivity contribution in [1.82, 2.24) is 4.90 Å². The van der Waals surface area contributed by atoms with Crippen LogP contribution in [0.5, 0.6) is 0 Å². The fourth-order valence-electron chi connectivity index (χ4n) is 1.45. The van der Waals surface area contributed by atoms with Gasteiger partial charge >= 0.3 is 0 Å². The SMILES string of the molecule is CC(O)CCN(C)Cc1cccc(Cl)c1Cl. The highest BCUT2D eigenvalue weighted by Gasteiger charge is 2.07. The van der Waals surface area contributed by atoms with Gasteiger partial charge in [0.05, 0.1) is 16.1 Å². The molecule has 1 unspecified atom stereocenters. The van der Waals surface area contributed by atoms with Gasteiger partial charge in [0.2, 0.25) is 0 Å². The molecule has 1 N–H and O–H groups in total. The average Bonchev–Trinajstić information content (AvgIpc) is 2.22. The van der Waals surface area contributed by atoms with Crippen LogP contribution in [0.25, 0.3) is 0 Å². The van der Waals surface area contributed by atoms with E-state index in [2.05, 4.69) is 4.90 Å². The summed E-state index contributed by atoms with van der Waals surface area (Å²) < 4.78 is 0. The van der Waals surface area contributed by atoms with Gasteiger partial charge in [-0.2, -0.15) is 0 Å². The minimum absolute atomic E-state index is 0.266. The van der Waals surface area contributed by atoms with Crippen LogP contribution in [-0.2, 0) is 6.54 Å². The molecule has 0 heterocycles. The quantitative estimate of drug-likeness (QED) is 0.880. The molecule has 90 valence electrons. The van der Waals surface area contributed by atoms with Crippen LogP contribution in [0.15, 0.2) is 18.2 Å². The molecule has 0 amide bonds. The van der Waals surface area contributed by atoms with Gasteiger partial charge in [-0.25, -0.2) is 0 Å². The van der Waals surface area contributed by atoms with E-state index in [-0.39, 0.29) is 6.10 Å². The summed E-state index contributed by atoms with van der Waals surface area (Å²) in [6.07, 6.45) is 0.492. The van der Waals surface area contributed by atoms with E-state index in [4.69, 9.17) is 23.2 Å². The number of aliphatic hydroxyl groups excluding tert-OH is 1. The third-order valence-electron chi connectivity index (χ3n) is 2.40. The number of nitrogens with zero attached hydrogens (tertiary/aromatic N) is 1. The molecule has 16 heavy (non-hydrogen) atoms. The third kappa shape index (κ3) is 4.30. The van der Waals surface area contributed by atoms with E-state index in [1.807, 2.05) is 19.2 Å². The summed E-state index contributed by atoms with van der Waals surface area (Å²) in [5.74, 6) is 0. The van der Waals surface area contributed by atoms with Gasteiger partial charge in [0, 0.05) is 13.1 Å². The van der Waals surface area contributed by atoms with E-state index < -0.39 is 0 Å². The van der Waals surface area contributed by atoms with E-state index >= 15 is 0 Å². The molecule has 1 aromatic carbocycles. The molecule has 0 aromatic heterocycles. The molecule has 4 heteroatoms. The molecule has 0 fully saturated rings. The number of hydrogen-bond donors (Lipinski definition) is 1. The zero-order valence-corrected chi connectivity index (χ0v) is 11.1. The molecule has 0 aliphatic heterocycles. The standard InChI is InChI=1S/C12H17Cl2NO/c1-9(16)6-7-15(2)8-10-4-3-5-11(13)12(10)14/h3-5,9,16H,6-8H2,1-2H3. The Labute approximate surface area is 107 Å². The first kappa shape index (κ1) is 13.8. The van der Waals surface area contributed by atoms with Crippen molar-refractivity contribution in [3.05, 3.63) is 33.8 Å². The van der Waals surface area contributed by atoms with Crippen molar-refractivity contribution >= 4 is 23.2 Å². The van der Waals surface area contributed by atoms with Crippen molar-refractivity contribution in [1.29, 1.82) is 0 Å². The van der Waals surface area contributed by atoms with E-state index in [1.54, 1.807) is 13.0 Å². The topological polar surface area (TPSA) is 23.5 Å². The molecule has 0 aliphatic rings. The minimum Gasteiger partial charge on any atom is -0.393 e. The first-order valence-corrected chi connectivity index (χ1v) is 6.05. The number of hydrogen-bond acceptors (Lipinski definition) is 2. The second kappa shape index (κ2) is 6.45. The molecule has 1 rings (SSSR count). The summed E-state index contributed by atoms with van der Waals surface area (Å²) in [5, 5.41) is 10.4. The Bertz CT molecular complexity index is 342. The Balaban J connectivity index is 2.56. The maximum absolute atomic E-state index is 9.19. The van der Waals surface area contributed by atoms with Crippen molar-refractivity contribution in [3.63, 3.8) is 0 Å². The molecule has 0 bridgehead atoms. The number of rotatable bonds is 5. The summed E-state index contributed by atoms with van der Waals surface area (Å²) in [6.45, 7) is 3.37. The first-order valence-electron chi connectivity index (χ1n) is 5.30. The second-order valence-corrected chi connectivity index (χ2v) is 4.87. The zero-order chi connectivity index (χ0) is 12.1. The molecule has 2 nitrogen and oxygen atoms in total. The molecule has 0 radical (unpaired) electrons. The average molecular weight is 262 g/mol. The van der Waals surface area contributed by atoms with Crippen LogP contribution in [0.4, 0.5) is 0 Å². The highest BCUT2D eigenvalue weighted by atomic mass is 35.5. The summed E-state index contributed by atoms with van der Waals surface area (Å²) >= 11 is 12.0.